The Labute approximate surface area is 125 Å². The first-order valence-electron chi connectivity index (χ1n) is 5.40. The van der Waals surface area contributed by atoms with Crippen LogP contribution in [0.4, 0.5) is 13.2 Å². The predicted octanol–water partition coefficient (Wildman–Crippen LogP) is 3.80. The van der Waals surface area contributed by atoms with Gasteiger partial charge in [-0.1, -0.05) is 16.8 Å². The minimum atomic E-state index is -4.27. The number of rotatable bonds is 4. The standard InChI is InChI=1S/C11H8BrClF3N3O/c12-7-3-6(1-2-8(7)13)10-18-9(20-19-10)4-17-5-11(14,15)16/h1-3,17H,4-5H2. The molecule has 1 aromatic carbocycles. The molecule has 1 heterocycles. The maximum atomic E-state index is 12.0. The normalized spacial score (nSPS) is 11.8. The molecule has 0 saturated heterocycles. The van der Waals surface area contributed by atoms with E-state index < -0.39 is 12.7 Å². The van der Waals surface area contributed by atoms with Crippen LogP contribution in [0.3, 0.4) is 0 Å². The van der Waals surface area contributed by atoms with Crippen molar-refractivity contribution >= 4 is 27.5 Å². The van der Waals surface area contributed by atoms with Crippen molar-refractivity contribution in [2.75, 3.05) is 6.54 Å². The van der Waals surface area contributed by atoms with E-state index in [1.165, 1.54) is 0 Å². The van der Waals surface area contributed by atoms with Crippen LogP contribution in [0.1, 0.15) is 5.89 Å². The second kappa shape index (κ2) is 6.11. The second-order valence-corrected chi connectivity index (χ2v) is 5.12. The van der Waals surface area contributed by atoms with Crippen LogP contribution in [0, 0.1) is 0 Å². The van der Waals surface area contributed by atoms with Crippen LogP contribution in [0.5, 0.6) is 0 Å². The molecule has 0 aliphatic heterocycles. The average molecular weight is 371 g/mol. The van der Waals surface area contributed by atoms with Crippen molar-refractivity contribution in [3.8, 4) is 11.4 Å². The van der Waals surface area contributed by atoms with E-state index >= 15 is 0 Å². The van der Waals surface area contributed by atoms with Crippen LogP contribution in [0.2, 0.25) is 5.02 Å². The summed E-state index contributed by atoms with van der Waals surface area (Å²) < 4.78 is 41.4. The molecule has 0 radical (unpaired) electrons. The molecule has 0 spiro atoms. The van der Waals surface area contributed by atoms with Crippen molar-refractivity contribution in [1.82, 2.24) is 15.5 Å². The Bertz CT molecular complexity index is 603. The summed E-state index contributed by atoms with van der Waals surface area (Å²) in [6.07, 6.45) is -4.27. The smallest absolute Gasteiger partial charge is 0.338 e. The lowest BCUT2D eigenvalue weighted by Crippen LogP contribution is -2.28. The summed E-state index contributed by atoms with van der Waals surface area (Å²) in [6, 6.07) is 5.03. The van der Waals surface area contributed by atoms with Gasteiger partial charge in [-0.2, -0.15) is 18.2 Å². The van der Waals surface area contributed by atoms with Gasteiger partial charge in [-0.05, 0) is 34.1 Å². The van der Waals surface area contributed by atoms with Crippen molar-refractivity contribution in [2.24, 2.45) is 0 Å². The monoisotopic (exact) mass is 369 g/mol. The van der Waals surface area contributed by atoms with Crippen LogP contribution >= 0.6 is 27.5 Å². The van der Waals surface area contributed by atoms with E-state index in [1.54, 1.807) is 18.2 Å². The Morgan fingerprint density at radius 3 is 2.75 bits per heavy atom. The molecule has 9 heteroatoms. The zero-order valence-electron chi connectivity index (χ0n) is 9.84. The number of hydrogen-bond acceptors (Lipinski definition) is 4. The Kier molecular flexibility index (Phi) is 4.66. The molecule has 0 saturated carbocycles. The molecule has 108 valence electrons. The second-order valence-electron chi connectivity index (χ2n) is 3.86. The van der Waals surface area contributed by atoms with Crippen LogP contribution in [-0.4, -0.2) is 22.9 Å². The molecule has 0 bridgehead atoms. The van der Waals surface area contributed by atoms with E-state index in [1.807, 2.05) is 0 Å². The molecule has 4 nitrogen and oxygen atoms in total. The van der Waals surface area contributed by atoms with E-state index in [9.17, 15) is 13.2 Å². The lowest BCUT2D eigenvalue weighted by atomic mass is 10.2. The Hall–Kier alpha value is -1.12. The summed E-state index contributed by atoms with van der Waals surface area (Å²) >= 11 is 9.12. The maximum absolute atomic E-state index is 12.0. The quantitative estimate of drug-likeness (QED) is 0.889. The van der Waals surface area contributed by atoms with E-state index in [0.29, 0.717) is 15.1 Å². The largest absolute Gasteiger partial charge is 0.401 e. The molecular formula is C11H8BrClF3N3O. The molecule has 0 aliphatic rings. The molecule has 0 amide bonds. The average Bonchev–Trinajstić information content (AvgIpc) is 2.80. The van der Waals surface area contributed by atoms with Gasteiger partial charge in [0.25, 0.3) is 0 Å². The van der Waals surface area contributed by atoms with Crippen molar-refractivity contribution in [3.63, 3.8) is 0 Å². The summed E-state index contributed by atoms with van der Waals surface area (Å²) in [6.45, 7) is -1.27. The minimum absolute atomic E-state index is 0.0790. The minimum Gasteiger partial charge on any atom is -0.338 e. The van der Waals surface area contributed by atoms with Gasteiger partial charge in [-0.25, -0.2) is 0 Å². The summed E-state index contributed by atoms with van der Waals surface area (Å²) in [4.78, 5) is 4.00. The van der Waals surface area contributed by atoms with Gasteiger partial charge in [-0.3, -0.25) is 0 Å². The number of nitrogens with one attached hydrogen (secondary N) is 1. The SMILES string of the molecule is FC(F)(F)CNCc1nc(-c2ccc(Cl)c(Br)c2)no1. The highest BCUT2D eigenvalue weighted by Crippen LogP contribution is 2.27. The molecule has 0 aliphatic carbocycles. The maximum Gasteiger partial charge on any atom is 0.401 e. The number of benzene rings is 1. The molecule has 0 unspecified atom stereocenters. The molecule has 1 aromatic heterocycles. The number of hydrogen-bond donors (Lipinski definition) is 1. The zero-order valence-corrected chi connectivity index (χ0v) is 12.2. The van der Waals surface area contributed by atoms with Gasteiger partial charge in [0.2, 0.25) is 11.7 Å². The highest BCUT2D eigenvalue weighted by molar-refractivity contribution is 9.10. The van der Waals surface area contributed by atoms with Gasteiger partial charge in [0.05, 0.1) is 18.1 Å². The van der Waals surface area contributed by atoms with Crippen LogP contribution in [-0.2, 0) is 6.54 Å². The number of alkyl halides is 3. The summed E-state index contributed by atoms with van der Waals surface area (Å²) in [5.41, 5.74) is 0.645. The third-order valence-electron chi connectivity index (χ3n) is 2.25. The van der Waals surface area contributed by atoms with E-state index in [0.717, 1.165) is 0 Å². The first kappa shape index (κ1) is 15.3. The van der Waals surface area contributed by atoms with E-state index in [4.69, 9.17) is 16.1 Å². The van der Waals surface area contributed by atoms with Crippen molar-refractivity contribution in [3.05, 3.63) is 33.6 Å². The fourth-order valence-corrected chi connectivity index (χ4v) is 1.89. The Balaban J connectivity index is 2.03. The lowest BCUT2D eigenvalue weighted by Gasteiger charge is -2.05. The van der Waals surface area contributed by atoms with Gasteiger partial charge < -0.3 is 9.84 Å². The lowest BCUT2D eigenvalue weighted by molar-refractivity contribution is -0.125. The molecule has 0 fully saturated rings. The summed E-state index contributed by atoms with van der Waals surface area (Å²) in [5.74, 6) is 0.362. The molecule has 0 atom stereocenters. The van der Waals surface area contributed by atoms with Gasteiger partial charge >= 0.3 is 6.18 Å². The summed E-state index contributed by atoms with van der Waals surface area (Å²) in [5, 5.41) is 6.41. The highest BCUT2D eigenvalue weighted by atomic mass is 79.9. The fraction of sp³-hybridized carbons (Fsp3) is 0.273. The van der Waals surface area contributed by atoms with Gasteiger partial charge in [0, 0.05) is 10.0 Å². The first-order valence-corrected chi connectivity index (χ1v) is 6.58. The topological polar surface area (TPSA) is 51.0 Å². The van der Waals surface area contributed by atoms with Crippen molar-refractivity contribution in [1.29, 1.82) is 0 Å². The highest BCUT2D eigenvalue weighted by Gasteiger charge is 2.26. The Morgan fingerprint density at radius 2 is 2.10 bits per heavy atom. The van der Waals surface area contributed by atoms with Gasteiger partial charge in [0.1, 0.15) is 0 Å². The van der Waals surface area contributed by atoms with Crippen LogP contribution in [0.15, 0.2) is 27.2 Å². The predicted molar refractivity (Wildman–Crippen MR) is 70.2 cm³/mol. The van der Waals surface area contributed by atoms with Crippen LogP contribution < -0.4 is 5.32 Å². The molecule has 20 heavy (non-hydrogen) atoms. The van der Waals surface area contributed by atoms with Crippen LogP contribution in [0.25, 0.3) is 11.4 Å². The van der Waals surface area contributed by atoms with E-state index in [-0.39, 0.29) is 18.3 Å². The number of aromatic nitrogens is 2. The molecule has 1 N–H and O–H groups in total. The zero-order chi connectivity index (χ0) is 14.8. The van der Waals surface area contributed by atoms with Gasteiger partial charge in [-0.15, -0.1) is 0 Å². The fourth-order valence-electron chi connectivity index (χ4n) is 1.39. The number of halogens is 5. The van der Waals surface area contributed by atoms with Gasteiger partial charge in [0.15, 0.2) is 0 Å². The molecule has 2 aromatic rings. The third-order valence-corrected chi connectivity index (χ3v) is 3.46. The number of nitrogens with zero attached hydrogens (tertiary/aromatic N) is 2. The molecular weight excluding hydrogens is 362 g/mol. The van der Waals surface area contributed by atoms with Crippen molar-refractivity contribution < 1.29 is 17.7 Å². The van der Waals surface area contributed by atoms with Crippen molar-refractivity contribution in [2.45, 2.75) is 12.7 Å². The van der Waals surface area contributed by atoms with E-state index in [2.05, 4.69) is 31.4 Å². The third kappa shape index (κ3) is 4.19. The Morgan fingerprint density at radius 1 is 1.35 bits per heavy atom. The molecule has 2 rings (SSSR count). The first-order chi connectivity index (χ1) is 9.35. The summed E-state index contributed by atoms with van der Waals surface area (Å²) in [7, 11) is 0.